The highest BCUT2D eigenvalue weighted by Gasteiger charge is 2.19. The van der Waals surface area contributed by atoms with Crippen molar-refractivity contribution in [3.8, 4) is 22.8 Å². The maximum Gasteiger partial charge on any atom is 0.247 e. The molecule has 4 aromatic rings. The lowest BCUT2D eigenvalue weighted by Gasteiger charge is -2.26. The van der Waals surface area contributed by atoms with Gasteiger partial charge in [-0.2, -0.15) is 0 Å². The van der Waals surface area contributed by atoms with Crippen molar-refractivity contribution in [2.45, 2.75) is 32.4 Å². The van der Waals surface area contributed by atoms with Crippen LogP contribution in [0.5, 0.6) is 11.6 Å². The molecule has 1 N–H and O–H groups in total. The predicted molar refractivity (Wildman–Crippen MR) is 161 cm³/mol. The van der Waals surface area contributed by atoms with Gasteiger partial charge in [-0.3, -0.25) is 4.79 Å². The van der Waals surface area contributed by atoms with Crippen LogP contribution in [0.1, 0.15) is 0 Å². The number of hydrogen-bond donors (Lipinski definition) is 1. The van der Waals surface area contributed by atoms with Crippen molar-refractivity contribution >= 4 is 36.8 Å². The maximum atomic E-state index is 11.7. The maximum absolute atomic E-state index is 11.7. The molecule has 0 spiro atoms. The summed E-state index contributed by atoms with van der Waals surface area (Å²) in [6.45, 7) is 14.4. The van der Waals surface area contributed by atoms with Gasteiger partial charge in [0.25, 0.3) is 0 Å². The highest BCUT2D eigenvalue weighted by Crippen LogP contribution is 2.31. The van der Waals surface area contributed by atoms with E-state index in [-0.39, 0.29) is 5.91 Å². The monoisotopic (exact) mass is 573 g/mol. The van der Waals surface area contributed by atoms with Gasteiger partial charge in [0.2, 0.25) is 17.7 Å². The molecule has 1 aromatic carbocycles. The van der Waals surface area contributed by atoms with E-state index in [2.05, 4.69) is 51.4 Å². The number of hydrogen-bond acceptors (Lipinski definition) is 9. The largest absolute Gasteiger partial charge is 0.437 e. The first kappa shape index (κ1) is 28.4. The number of morpholine rings is 1. The third-order valence-corrected chi connectivity index (χ3v) is 8.23. The minimum Gasteiger partial charge on any atom is -0.437 e. The summed E-state index contributed by atoms with van der Waals surface area (Å²) in [5, 5.41) is 2.73. The number of nitrogens with one attached hydrogen (secondary N) is 1. The van der Waals surface area contributed by atoms with Crippen LogP contribution in [0.3, 0.4) is 0 Å². The van der Waals surface area contributed by atoms with E-state index in [1.165, 1.54) is 6.08 Å². The van der Waals surface area contributed by atoms with Gasteiger partial charge in [0.15, 0.2) is 5.65 Å². The third-order valence-electron chi connectivity index (χ3n) is 6.52. The molecule has 0 radical (unpaired) electrons. The molecule has 1 aliphatic rings. The fourth-order valence-electron chi connectivity index (χ4n) is 4.27. The zero-order valence-corrected chi connectivity index (χ0v) is 24.7. The van der Waals surface area contributed by atoms with E-state index in [1.807, 2.05) is 23.2 Å². The summed E-state index contributed by atoms with van der Waals surface area (Å²) in [4.78, 5) is 32.6. The molecule has 4 heterocycles. The third kappa shape index (κ3) is 7.34. The molecule has 3 aromatic heterocycles. The highest BCUT2D eigenvalue weighted by molar-refractivity contribution is 6.76. The van der Waals surface area contributed by atoms with E-state index < -0.39 is 8.07 Å². The Morgan fingerprint density at radius 3 is 2.66 bits per heavy atom. The molecule has 1 aliphatic heterocycles. The lowest BCUT2D eigenvalue weighted by molar-refractivity contribution is -0.111. The zero-order chi connectivity index (χ0) is 28.8. The second-order valence-corrected chi connectivity index (χ2v) is 16.6. The van der Waals surface area contributed by atoms with Crippen LogP contribution in [0, 0.1) is 0 Å². The Kier molecular flexibility index (Phi) is 8.72. The molecule has 0 bridgehead atoms. The fraction of sp³-hybridized carbons (Fsp3) is 0.345. The summed E-state index contributed by atoms with van der Waals surface area (Å²) >= 11 is 0. The van der Waals surface area contributed by atoms with Crippen LogP contribution in [0.4, 0.5) is 11.6 Å². The van der Waals surface area contributed by atoms with Gasteiger partial charge in [-0.05, 0) is 24.3 Å². The number of amides is 1. The number of aromatic nitrogens is 5. The SMILES string of the molecule is C=CC(=O)Nc1cccc(Oc2cnc3c(n2)c(-c2cnc(N4CCOCC4)nc2)cn3COCC[Si](C)(C)C)c1. The van der Waals surface area contributed by atoms with Crippen LogP contribution < -0.4 is 15.0 Å². The molecule has 41 heavy (non-hydrogen) atoms. The molecule has 12 heteroatoms. The molecule has 1 fully saturated rings. The van der Waals surface area contributed by atoms with Crippen LogP contribution in [0.2, 0.25) is 25.7 Å². The van der Waals surface area contributed by atoms with Crippen LogP contribution in [0.25, 0.3) is 22.3 Å². The number of ether oxygens (including phenoxy) is 3. The number of fused-ring (bicyclic) bond motifs is 1. The Morgan fingerprint density at radius 2 is 1.93 bits per heavy atom. The fourth-order valence-corrected chi connectivity index (χ4v) is 5.03. The van der Waals surface area contributed by atoms with Crippen LogP contribution in [-0.2, 0) is 21.0 Å². The van der Waals surface area contributed by atoms with Crippen LogP contribution >= 0.6 is 0 Å². The molecule has 0 saturated carbocycles. The van der Waals surface area contributed by atoms with Gasteiger partial charge >= 0.3 is 0 Å². The van der Waals surface area contributed by atoms with E-state index in [4.69, 9.17) is 19.2 Å². The summed E-state index contributed by atoms with van der Waals surface area (Å²) in [5.41, 5.74) is 3.54. The van der Waals surface area contributed by atoms with E-state index in [0.717, 1.165) is 30.3 Å². The van der Waals surface area contributed by atoms with Crippen molar-refractivity contribution in [2.24, 2.45) is 0 Å². The van der Waals surface area contributed by atoms with Crippen molar-refractivity contribution in [1.82, 2.24) is 24.5 Å². The van der Waals surface area contributed by atoms with Crippen molar-refractivity contribution in [2.75, 3.05) is 43.1 Å². The van der Waals surface area contributed by atoms with Gasteiger partial charge in [-0.25, -0.2) is 19.9 Å². The van der Waals surface area contributed by atoms with Gasteiger partial charge in [0.1, 0.15) is 18.0 Å². The average molecular weight is 574 g/mol. The highest BCUT2D eigenvalue weighted by atomic mass is 28.3. The lowest BCUT2D eigenvalue weighted by atomic mass is 10.2. The van der Waals surface area contributed by atoms with Gasteiger partial charge in [-0.1, -0.05) is 32.3 Å². The van der Waals surface area contributed by atoms with E-state index in [9.17, 15) is 4.79 Å². The molecule has 1 amide bonds. The molecule has 214 valence electrons. The minimum absolute atomic E-state index is 0.303. The first-order valence-electron chi connectivity index (χ1n) is 13.6. The second kappa shape index (κ2) is 12.6. The van der Waals surface area contributed by atoms with Gasteiger partial charge < -0.3 is 29.0 Å². The van der Waals surface area contributed by atoms with Crippen LogP contribution in [-0.4, -0.2) is 71.4 Å². The van der Waals surface area contributed by atoms with E-state index in [1.54, 1.807) is 30.5 Å². The van der Waals surface area contributed by atoms with Crippen molar-refractivity contribution in [3.63, 3.8) is 0 Å². The average Bonchev–Trinajstić information content (AvgIpc) is 3.33. The summed E-state index contributed by atoms with van der Waals surface area (Å²) in [7, 11) is -1.21. The number of nitrogens with zero attached hydrogens (tertiary/aromatic N) is 6. The first-order valence-corrected chi connectivity index (χ1v) is 17.3. The summed E-state index contributed by atoms with van der Waals surface area (Å²) < 4.78 is 19.5. The lowest BCUT2D eigenvalue weighted by Crippen LogP contribution is -2.37. The summed E-state index contributed by atoms with van der Waals surface area (Å²) in [6.07, 6.45) is 8.39. The normalized spacial score (nSPS) is 13.8. The van der Waals surface area contributed by atoms with Gasteiger partial charge in [-0.15, -0.1) is 0 Å². The molecule has 0 atom stereocenters. The number of carbonyl (C=O) groups excluding carboxylic acids is 1. The molecule has 1 saturated heterocycles. The standard InChI is InChI=1S/C29H35N7O4Si/c1-5-25(37)33-22-7-6-8-23(15-22)40-26-18-30-28-27(34-26)24(19-36(28)20-39-13-14-41(2,3)4)21-16-31-29(32-17-21)35-9-11-38-12-10-35/h5-8,15-19H,1,9-14,20H2,2-4H3,(H,33,37). The van der Waals surface area contributed by atoms with Crippen molar-refractivity contribution < 1.29 is 19.0 Å². The van der Waals surface area contributed by atoms with Crippen LogP contribution in [0.15, 0.2) is 61.7 Å². The first-order chi connectivity index (χ1) is 19.8. The predicted octanol–water partition coefficient (Wildman–Crippen LogP) is 4.95. The van der Waals surface area contributed by atoms with E-state index in [0.29, 0.717) is 61.0 Å². The van der Waals surface area contributed by atoms with Crippen molar-refractivity contribution in [1.29, 1.82) is 0 Å². The molecule has 11 nitrogen and oxygen atoms in total. The Bertz CT molecular complexity index is 1510. The Labute approximate surface area is 240 Å². The number of anilines is 2. The Morgan fingerprint density at radius 1 is 1.15 bits per heavy atom. The second-order valence-electron chi connectivity index (χ2n) is 10.9. The topological polar surface area (TPSA) is 117 Å². The summed E-state index contributed by atoms with van der Waals surface area (Å²) in [5.74, 6) is 1.20. The van der Waals surface area contributed by atoms with Gasteiger partial charge in [0.05, 0.1) is 19.4 Å². The van der Waals surface area contributed by atoms with Crippen molar-refractivity contribution in [3.05, 3.63) is 61.7 Å². The molecular weight excluding hydrogens is 538 g/mol. The smallest absolute Gasteiger partial charge is 0.247 e. The van der Waals surface area contributed by atoms with Gasteiger partial charge in [0, 0.05) is 69.2 Å². The molecule has 0 aliphatic carbocycles. The zero-order valence-electron chi connectivity index (χ0n) is 23.7. The Hall–Kier alpha value is -4.13. The number of benzene rings is 1. The number of rotatable bonds is 11. The molecule has 0 unspecified atom stereocenters. The molecule has 5 rings (SSSR count). The summed E-state index contributed by atoms with van der Waals surface area (Å²) in [6, 6.07) is 8.12. The minimum atomic E-state index is -1.21. The van der Waals surface area contributed by atoms with E-state index >= 15 is 0 Å². The quantitative estimate of drug-likeness (QED) is 0.151. The number of carbonyl (C=O) groups is 1. The molecular formula is C29H35N7O4Si. The Balaban J connectivity index is 1.43.